The van der Waals surface area contributed by atoms with Crippen LogP contribution in [0.2, 0.25) is 0 Å². The number of nitrogens with zero attached hydrogens (tertiary/aromatic N) is 1. The van der Waals surface area contributed by atoms with Gasteiger partial charge in [0.15, 0.2) is 0 Å². The highest BCUT2D eigenvalue weighted by Gasteiger charge is 2.41. The molecule has 104 valence electrons. The summed E-state index contributed by atoms with van der Waals surface area (Å²) in [6.07, 6.45) is 5.16. The second kappa shape index (κ2) is 6.02. The van der Waals surface area contributed by atoms with E-state index in [1.807, 2.05) is 6.07 Å². The number of pyridine rings is 1. The van der Waals surface area contributed by atoms with Crippen LogP contribution in [0.4, 0.5) is 5.69 Å². The molecule has 1 aliphatic rings. The Morgan fingerprint density at radius 1 is 1.47 bits per heavy atom. The summed E-state index contributed by atoms with van der Waals surface area (Å²) in [6, 6.07) is 3.58. The van der Waals surface area contributed by atoms with Gasteiger partial charge in [-0.2, -0.15) is 0 Å². The van der Waals surface area contributed by atoms with E-state index in [0.717, 1.165) is 25.3 Å². The number of hydrogen-bond donors (Lipinski definition) is 1. The third kappa shape index (κ3) is 3.67. The molecular formula is C14H20N2O3. The van der Waals surface area contributed by atoms with Gasteiger partial charge in [-0.05, 0) is 36.8 Å². The van der Waals surface area contributed by atoms with Gasteiger partial charge in [0, 0.05) is 32.1 Å². The fraction of sp³-hybridized carbons (Fsp3) is 0.571. The van der Waals surface area contributed by atoms with E-state index in [-0.39, 0.29) is 0 Å². The largest absolute Gasteiger partial charge is 0.464 e. The van der Waals surface area contributed by atoms with Crippen LogP contribution in [0.15, 0.2) is 18.3 Å². The molecule has 1 aromatic heterocycles. The van der Waals surface area contributed by atoms with Gasteiger partial charge in [-0.3, -0.25) is 0 Å². The summed E-state index contributed by atoms with van der Waals surface area (Å²) in [4.78, 5) is 15.4. The Hall–Kier alpha value is -1.62. The molecule has 1 heterocycles. The van der Waals surface area contributed by atoms with E-state index < -0.39 is 5.97 Å². The molecule has 0 aromatic carbocycles. The third-order valence-electron chi connectivity index (χ3n) is 3.62. The first-order valence-corrected chi connectivity index (χ1v) is 6.46. The minimum Gasteiger partial charge on any atom is -0.464 e. The highest BCUT2D eigenvalue weighted by Crippen LogP contribution is 2.48. The fourth-order valence-corrected chi connectivity index (χ4v) is 2.06. The average molecular weight is 264 g/mol. The molecule has 5 nitrogen and oxygen atoms in total. The number of nitrogens with one attached hydrogen (secondary N) is 1. The lowest BCUT2D eigenvalue weighted by atomic mass is 10.0. The molecule has 0 aliphatic heterocycles. The number of aromatic nitrogens is 1. The fourth-order valence-electron chi connectivity index (χ4n) is 2.06. The molecule has 0 saturated heterocycles. The maximum atomic E-state index is 11.4. The number of esters is 1. The SMILES string of the molecule is COCCC1(CNc2ccnc(C(=O)OC)c2)CC1. The minimum absolute atomic E-state index is 0.328. The van der Waals surface area contributed by atoms with Crippen LogP contribution >= 0.6 is 0 Å². The van der Waals surface area contributed by atoms with Crippen LogP contribution in [-0.4, -0.2) is 38.3 Å². The lowest BCUT2D eigenvalue weighted by molar-refractivity contribution is 0.0594. The van der Waals surface area contributed by atoms with Crippen LogP contribution in [0.1, 0.15) is 29.8 Å². The molecular weight excluding hydrogens is 244 g/mol. The Labute approximate surface area is 113 Å². The zero-order chi connectivity index (χ0) is 13.7. The van der Waals surface area contributed by atoms with Gasteiger partial charge in [-0.1, -0.05) is 0 Å². The smallest absolute Gasteiger partial charge is 0.356 e. The molecule has 1 saturated carbocycles. The van der Waals surface area contributed by atoms with Crippen LogP contribution in [0.3, 0.4) is 0 Å². The Kier molecular flexibility index (Phi) is 4.37. The van der Waals surface area contributed by atoms with Crippen molar-refractivity contribution in [3.8, 4) is 0 Å². The first kappa shape index (κ1) is 13.8. The molecule has 0 spiro atoms. The lowest BCUT2D eigenvalue weighted by Crippen LogP contribution is -2.17. The van der Waals surface area contributed by atoms with E-state index in [1.54, 1.807) is 19.4 Å². The summed E-state index contributed by atoms with van der Waals surface area (Å²) in [5, 5.41) is 3.37. The molecule has 0 atom stereocenters. The summed E-state index contributed by atoms with van der Waals surface area (Å²) >= 11 is 0. The second-order valence-electron chi connectivity index (χ2n) is 5.02. The number of carbonyl (C=O) groups is 1. The standard InChI is InChI=1S/C14H20N2O3/c1-18-8-6-14(4-5-14)10-16-11-3-7-15-12(9-11)13(17)19-2/h3,7,9H,4-6,8,10H2,1-2H3,(H,15,16). The summed E-state index contributed by atoms with van der Waals surface area (Å²) in [5.74, 6) is -0.413. The first-order chi connectivity index (χ1) is 9.19. The molecule has 0 radical (unpaired) electrons. The summed E-state index contributed by atoms with van der Waals surface area (Å²) in [7, 11) is 3.09. The Morgan fingerprint density at radius 2 is 2.26 bits per heavy atom. The van der Waals surface area contributed by atoms with Gasteiger partial charge >= 0.3 is 5.97 Å². The monoisotopic (exact) mass is 264 g/mol. The number of hydrogen-bond acceptors (Lipinski definition) is 5. The zero-order valence-corrected chi connectivity index (χ0v) is 11.4. The van der Waals surface area contributed by atoms with E-state index in [2.05, 4.69) is 15.0 Å². The number of carbonyl (C=O) groups excluding carboxylic acids is 1. The van der Waals surface area contributed by atoms with Crippen molar-refractivity contribution in [2.75, 3.05) is 32.7 Å². The van der Waals surface area contributed by atoms with Gasteiger partial charge in [0.1, 0.15) is 5.69 Å². The number of anilines is 1. The lowest BCUT2D eigenvalue weighted by Gasteiger charge is -2.16. The van der Waals surface area contributed by atoms with E-state index >= 15 is 0 Å². The predicted octanol–water partition coefficient (Wildman–Crippen LogP) is 2.10. The van der Waals surface area contributed by atoms with Crippen molar-refractivity contribution in [3.05, 3.63) is 24.0 Å². The van der Waals surface area contributed by atoms with Gasteiger partial charge < -0.3 is 14.8 Å². The predicted molar refractivity (Wildman–Crippen MR) is 72.2 cm³/mol. The van der Waals surface area contributed by atoms with Crippen LogP contribution in [-0.2, 0) is 9.47 Å². The van der Waals surface area contributed by atoms with Crippen LogP contribution < -0.4 is 5.32 Å². The van der Waals surface area contributed by atoms with Gasteiger partial charge in [0.2, 0.25) is 0 Å². The zero-order valence-electron chi connectivity index (χ0n) is 11.4. The maximum absolute atomic E-state index is 11.4. The number of ether oxygens (including phenoxy) is 2. The van der Waals surface area contributed by atoms with Gasteiger partial charge in [0.25, 0.3) is 0 Å². The molecule has 0 amide bonds. The van der Waals surface area contributed by atoms with Crippen molar-refractivity contribution in [3.63, 3.8) is 0 Å². The molecule has 19 heavy (non-hydrogen) atoms. The summed E-state index contributed by atoms with van der Waals surface area (Å²) in [5.41, 5.74) is 1.60. The second-order valence-corrected chi connectivity index (χ2v) is 5.02. The Balaban J connectivity index is 1.91. The highest BCUT2D eigenvalue weighted by molar-refractivity contribution is 5.88. The van der Waals surface area contributed by atoms with Crippen LogP contribution in [0.5, 0.6) is 0 Å². The maximum Gasteiger partial charge on any atom is 0.356 e. The third-order valence-corrected chi connectivity index (χ3v) is 3.62. The molecule has 1 aromatic rings. The Morgan fingerprint density at radius 3 is 2.89 bits per heavy atom. The first-order valence-electron chi connectivity index (χ1n) is 6.46. The summed E-state index contributed by atoms with van der Waals surface area (Å²) in [6.45, 7) is 1.70. The van der Waals surface area contributed by atoms with Crippen molar-refractivity contribution in [1.82, 2.24) is 4.98 Å². The van der Waals surface area contributed by atoms with Gasteiger partial charge in [0.05, 0.1) is 7.11 Å². The normalized spacial score (nSPS) is 15.9. The highest BCUT2D eigenvalue weighted by atomic mass is 16.5. The van der Waals surface area contributed by atoms with E-state index in [4.69, 9.17) is 4.74 Å². The Bertz CT molecular complexity index is 444. The van der Waals surface area contributed by atoms with Crippen molar-refractivity contribution in [2.24, 2.45) is 5.41 Å². The van der Waals surface area contributed by atoms with E-state index in [0.29, 0.717) is 11.1 Å². The van der Waals surface area contributed by atoms with E-state index in [1.165, 1.54) is 20.0 Å². The number of rotatable bonds is 7. The molecule has 1 fully saturated rings. The molecule has 0 unspecified atom stereocenters. The topological polar surface area (TPSA) is 60.5 Å². The molecule has 5 heteroatoms. The van der Waals surface area contributed by atoms with Crippen LogP contribution in [0, 0.1) is 5.41 Å². The number of methoxy groups -OCH3 is 2. The molecule has 0 bridgehead atoms. The van der Waals surface area contributed by atoms with Crippen molar-refractivity contribution < 1.29 is 14.3 Å². The minimum atomic E-state index is -0.413. The average Bonchev–Trinajstić information content (AvgIpc) is 3.23. The van der Waals surface area contributed by atoms with E-state index in [9.17, 15) is 4.79 Å². The van der Waals surface area contributed by atoms with Crippen LogP contribution in [0.25, 0.3) is 0 Å². The van der Waals surface area contributed by atoms with Crippen molar-refractivity contribution in [1.29, 1.82) is 0 Å². The van der Waals surface area contributed by atoms with Gasteiger partial charge in [-0.25, -0.2) is 9.78 Å². The van der Waals surface area contributed by atoms with Crippen molar-refractivity contribution >= 4 is 11.7 Å². The van der Waals surface area contributed by atoms with Gasteiger partial charge in [-0.15, -0.1) is 0 Å². The molecule has 1 N–H and O–H groups in total. The molecule has 1 aliphatic carbocycles. The summed E-state index contributed by atoms with van der Waals surface area (Å²) < 4.78 is 9.79. The van der Waals surface area contributed by atoms with Crippen molar-refractivity contribution in [2.45, 2.75) is 19.3 Å². The quantitative estimate of drug-likeness (QED) is 0.764. The molecule has 2 rings (SSSR count).